The topological polar surface area (TPSA) is 25.1 Å². The number of halogens is 2. The third kappa shape index (κ3) is 4.68. The normalized spacial score (nSPS) is 21.9. The summed E-state index contributed by atoms with van der Waals surface area (Å²) in [6.45, 7) is 3.93. The van der Waals surface area contributed by atoms with Crippen molar-refractivity contribution in [1.82, 2.24) is 0 Å². The number of ether oxygens (including phenoxy) is 2. The van der Waals surface area contributed by atoms with E-state index in [-0.39, 0.29) is 5.92 Å². The van der Waals surface area contributed by atoms with Gasteiger partial charge in [-0.05, 0) is 40.8 Å². The molecule has 0 aromatic heterocycles. The standard InChI is InChI=1S/C23H26Cl2O2/c1-2-3-8-19(22-15(11-17-13-26-17)6-4-9-20(22)24)23-16(12-18-14-27-18)7-5-10-21(23)25/h4-7,9-10,17-19H,2-3,8,11-14H2,1H3. The Labute approximate surface area is 171 Å². The van der Waals surface area contributed by atoms with Crippen LogP contribution in [0.2, 0.25) is 10.0 Å². The van der Waals surface area contributed by atoms with Crippen molar-refractivity contribution < 1.29 is 9.47 Å². The fourth-order valence-corrected chi connectivity index (χ4v) is 4.66. The third-order valence-electron chi connectivity index (χ3n) is 5.53. The molecule has 2 saturated heterocycles. The molecule has 2 nitrogen and oxygen atoms in total. The molecule has 2 aromatic carbocycles. The van der Waals surface area contributed by atoms with Gasteiger partial charge >= 0.3 is 0 Å². The van der Waals surface area contributed by atoms with Gasteiger partial charge in [-0.3, -0.25) is 0 Å². The summed E-state index contributed by atoms with van der Waals surface area (Å²) in [5.74, 6) is 0.204. The van der Waals surface area contributed by atoms with E-state index in [1.165, 1.54) is 22.3 Å². The molecule has 0 aliphatic carbocycles. The Morgan fingerprint density at radius 3 is 1.78 bits per heavy atom. The molecule has 4 rings (SSSR count). The second-order valence-electron chi connectivity index (χ2n) is 7.64. The molecule has 2 heterocycles. The number of epoxide rings is 2. The lowest BCUT2D eigenvalue weighted by Crippen LogP contribution is -2.12. The molecule has 2 aromatic rings. The average Bonchev–Trinajstić information content (AvgIpc) is 3.55. The Balaban J connectivity index is 1.78. The van der Waals surface area contributed by atoms with Crippen molar-refractivity contribution in [2.45, 2.75) is 57.2 Å². The number of hydrogen-bond acceptors (Lipinski definition) is 2. The SMILES string of the molecule is CCCCC(c1c(Cl)cccc1CC1CO1)c1c(Cl)cccc1CC1CO1. The smallest absolute Gasteiger partial charge is 0.0850 e. The summed E-state index contributed by atoms with van der Waals surface area (Å²) in [6, 6.07) is 12.5. The predicted molar refractivity (Wildman–Crippen MR) is 111 cm³/mol. The molecule has 0 radical (unpaired) electrons. The summed E-state index contributed by atoms with van der Waals surface area (Å²) in [4.78, 5) is 0. The monoisotopic (exact) mass is 404 g/mol. The number of rotatable bonds is 9. The number of unbranched alkanes of at least 4 members (excludes halogenated alkanes) is 1. The molecule has 2 aliphatic rings. The van der Waals surface area contributed by atoms with Crippen molar-refractivity contribution in [3.8, 4) is 0 Å². The van der Waals surface area contributed by atoms with Gasteiger partial charge in [-0.1, -0.05) is 67.2 Å². The Hall–Kier alpha value is -1.06. The first-order chi connectivity index (χ1) is 13.2. The molecule has 27 heavy (non-hydrogen) atoms. The second-order valence-corrected chi connectivity index (χ2v) is 8.45. The van der Waals surface area contributed by atoms with Crippen LogP contribution in [0.25, 0.3) is 0 Å². The maximum atomic E-state index is 6.77. The Bertz CT molecular complexity index is 733. The highest BCUT2D eigenvalue weighted by molar-refractivity contribution is 6.32. The Morgan fingerprint density at radius 2 is 1.37 bits per heavy atom. The molecular weight excluding hydrogens is 379 g/mol. The van der Waals surface area contributed by atoms with Crippen LogP contribution < -0.4 is 0 Å². The van der Waals surface area contributed by atoms with E-state index < -0.39 is 0 Å². The van der Waals surface area contributed by atoms with Gasteiger partial charge < -0.3 is 9.47 Å². The van der Waals surface area contributed by atoms with Gasteiger partial charge in [0.15, 0.2) is 0 Å². The molecule has 0 saturated carbocycles. The van der Waals surface area contributed by atoms with Crippen LogP contribution in [0.3, 0.4) is 0 Å². The fraction of sp³-hybridized carbons (Fsp3) is 0.478. The van der Waals surface area contributed by atoms with Gasteiger partial charge in [0.25, 0.3) is 0 Å². The molecule has 2 aliphatic heterocycles. The van der Waals surface area contributed by atoms with Crippen molar-refractivity contribution in [3.05, 3.63) is 68.7 Å². The minimum absolute atomic E-state index is 0.204. The average molecular weight is 405 g/mol. The predicted octanol–water partition coefficient (Wildman–Crippen LogP) is 6.20. The molecule has 2 unspecified atom stereocenters. The van der Waals surface area contributed by atoms with Crippen LogP contribution in [-0.2, 0) is 22.3 Å². The molecule has 0 bridgehead atoms. The Morgan fingerprint density at radius 1 is 0.889 bits per heavy atom. The summed E-state index contributed by atoms with van der Waals surface area (Å²) in [5.41, 5.74) is 5.04. The van der Waals surface area contributed by atoms with Gasteiger partial charge in [0, 0.05) is 28.8 Å². The zero-order valence-electron chi connectivity index (χ0n) is 15.7. The maximum Gasteiger partial charge on any atom is 0.0850 e. The fourth-order valence-electron chi connectivity index (χ4n) is 4.00. The van der Waals surface area contributed by atoms with Gasteiger partial charge in [0.1, 0.15) is 0 Å². The van der Waals surface area contributed by atoms with Crippen LogP contribution in [0.5, 0.6) is 0 Å². The third-order valence-corrected chi connectivity index (χ3v) is 6.19. The molecule has 4 heteroatoms. The quantitative estimate of drug-likeness (QED) is 0.464. The minimum atomic E-state index is 0.204. The van der Waals surface area contributed by atoms with E-state index in [1.54, 1.807) is 0 Å². The summed E-state index contributed by atoms with van der Waals surface area (Å²) < 4.78 is 11.0. The van der Waals surface area contributed by atoms with E-state index >= 15 is 0 Å². The van der Waals surface area contributed by atoms with Crippen molar-refractivity contribution >= 4 is 23.2 Å². The summed E-state index contributed by atoms with van der Waals surface area (Å²) in [5, 5.41) is 1.67. The molecule has 2 fully saturated rings. The van der Waals surface area contributed by atoms with E-state index in [0.717, 1.165) is 55.4 Å². The van der Waals surface area contributed by atoms with E-state index in [2.05, 4.69) is 19.1 Å². The van der Waals surface area contributed by atoms with Crippen molar-refractivity contribution in [3.63, 3.8) is 0 Å². The summed E-state index contributed by atoms with van der Waals surface area (Å²) in [6.07, 6.45) is 5.84. The van der Waals surface area contributed by atoms with Crippen molar-refractivity contribution in [2.75, 3.05) is 13.2 Å². The zero-order valence-corrected chi connectivity index (χ0v) is 17.2. The van der Waals surface area contributed by atoms with Gasteiger partial charge in [0.2, 0.25) is 0 Å². The van der Waals surface area contributed by atoms with E-state index in [9.17, 15) is 0 Å². The van der Waals surface area contributed by atoms with Crippen LogP contribution >= 0.6 is 23.2 Å². The minimum Gasteiger partial charge on any atom is -0.373 e. The highest BCUT2D eigenvalue weighted by Crippen LogP contribution is 2.42. The van der Waals surface area contributed by atoms with Gasteiger partial charge in [-0.25, -0.2) is 0 Å². The first kappa shape index (κ1) is 19.3. The second kappa shape index (κ2) is 8.53. The number of benzene rings is 2. The molecule has 0 N–H and O–H groups in total. The summed E-state index contributed by atoms with van der Waals surface area (Å²) >= 11 is 13.5. The highest BCUT2D eigenvalue weighted by Gasteiger charge is 2.31. The van der Waals surface area contributed by atoms with Crippen LogP contribution in [0.1, 0.15) is 54.4 Å². The van der Waals surface area contributed by atoms with Crippen LogP contribution in [0, 0.1) is 0 Å². The Kier molecular flexibility index (Phi) is 6.08. The van der Waals surface area contributed by atoms with Gasteiger partial charge in [-0.15, -0.1) is 0 Å². The van der Waals surface area contributed by atoms with Gasteiger partial charge in [-0.2, -0.15) is 0 Å². The van der Waals surface area contributed by atoms with E-state index in [1.807, 2.05) is 24.3 Å². The lowest BCUT2D eigenvalue weighted by Gasteiger charge is -2.26. The largest absolute Gasteiger partial charge is 0.373 e. The molecule has 2 atom stereocenters. The molecule has 0 amide bonds. The van der Waals surface area contributed by atoms with Gasteiger partial charge in [0.05, 0.1) is 25.4 Å². The van der Waals surface area contributed by atoms with Crippen molar-refractivity contribution in [1.29, 1.82) is 0 Å². The van der Waals surface area contributed by atoms with E-state index in [4.69, 9.17) is 32.7 Å². The van der Waals surface area contributed by atoms with E-state index in [0.29, 0.717) is 12.2 Å². The van der Waals surface area contributed by atoms with Crippen LogP contribution in [0.4, 0.5) is 0 Å². The van der Waals surface area contributed by atoms with Crippen LogP contribution in [0.15, 0.2) is 36.4 Å². The number of hydrogen-bond donors (Lipinski definition) is 0. The lowest BCUT2D eigenvalue weighted by atomic mass is 9.80. The molecule has 144 valence electrons. The lowest BCUT2D eigenvalue weighted by molar-refractivity contribution is 0.406. The molecule has 0 spiro atoms. The first-order valence-corrected chi connectivity index (χ1v) is 10.7. The first-order valence-electron chi connectivity index (χ1n) is 9.95. The highest BCUT2D eigenvalue weighted by atomic mass is 35.5. The van der Waals surface area contributed by atoms with Crippen LogP contribution in [-0.4, -0.2) is 25.4 Å². The zero-order chi connectivity index (χ0) is 18.8. The molecular formula is C23H26Cl2O2. The van der Waals surface area contributed by atoms with Crippen molar-refractivity contribution in [2.24, 2.45) is 0 Å². The summed E-state index contributed by atoms with van der Waals surface area (Å²) in [7, 11) is 0. The maximum absolute atomic E-state index is 6.77.